The number of pyridine rings is 1. The second-order valence-corrected chi connectivity index (χ2v) is 4.92. The molecule has 3 N–H and O–H groups in total. The minimum atomic E-state index is -0.420. The highest BCUT2D eigenvalue weighted by molar-refractivity contribution is 6.31. The fraction of sp³-hybridized carbons (Fsp3) is 0.267. The van der Waals surface area contributed by atoms with Gasteiger partial charge in [0, 0.05) is 6.20 Å². The molecule has 1 aromatic carbocycles. The molecule has 0 saturated carbocycles. The SMILES string of the molecule is CCc1cccnc1C(Cc1cccc(F)c1Cl)NN. The minimum absolute atomic E-state index is 0.140. The van der Waals surface area contributed by atoms with Crippen molar-refractivity contribution in [2.24, 2.45) is 5.84 Å². The van der Waals surface area contributed by atoms with E-state index in [1.807, 2.05) is 12.1 Å². The molecule has 0 spiro atoms. The molecule has 2 rings (SSSR count). The molecular formula is C15H17ClFN3. The van der Waals surface area contributed by atoms with Gasteiger partial charge in [-0.2, -0.15) is 0 Å². The summed E-state index contributed by atoms with van der Waals surface area (Å²) in [5, 5.41) is 0.140. The van der Waals surface area contributed by atoms with Crippen LogP contribution in [0.25, 0.3) is 0 Å². The first-order chi connectivity index (χ1) is 9.67. The maximum absolute atomic E-state index is 13.5. The summed E-state index contributed by atoms with van der Waals surface area (Å²) >= 11 is 5.99. The third-order valence-electron chi connectivity index (χ3n) is 3.29. The third kappa shape index (κ3) is 3.15. The van der Waals surface area contributed by atoms with Crippen molar-refractivity contribution in [3.05, 3.63) is 64.2 Å². The lowest BCUT2D eigenvalue weighted by Gasteiger charge is -2.19. The average molecular weight is 294 g/mol. The zero-order valence-electron chi connectivity index (χ0n) is 11.2. The summed E-state index contributed by atoms with van der Waals surface area (Å²) in [5.41, 5.74) is 5.44. The lowest BCUT2D eigenvalue weighted by molar-refractivity contribution is 0.531. The number of hydrazine groups is 1. The summed E-state index contributed by atoms with van der Waals surface area (Å²) in [6, 6.07) is 8.48. The van der Waals surface area contributed by atoms with E-state index in [0.29, 0.717) is 12.0 Å². The number of benzene rings is 1. The average Bonchev–Trinajstić information content (AvgIpc) is 2.49. The van der Waals surface area contributed by atoms with E-state index in [-0.39, 0.29) is 11.1 Å². The van der Waals surface area contributed by atoms with Crippen molar-refractivity contribution in [1.29, 1.82) is 0 Å². The number of aromatic nitrogens is 1. The largest absolute Gasteiger partial charge is 0.271 e. The van der Waals surface area contributed by atoms with Gasteiger partial charge in [-0.15, -0.1) is 0 Å². The Kier molecular flexibility index (Phi) is 5.06. The topological polar surface area (TPSA) is 50.9 Å². The number of rotatable bonds is 5. The molecule has 5 heteroatoms. The molecule has 0 aliphatic rings. The van der Waals surface area contributed by atoms with Crippen LogP contribution in [0.4, 0.5) is 4.39 Å². The predicted molar refractivity (Wildman–Crippen MR) is 78.8 cm³/mol. The highest BCUT2D eigenvalue weighted by Crippen LogP contribution is 2.26. The van der Waals surface area contributed by atoms with Crippen LogP contribution in [0.3, 0.4) is 0 Å². The van der Waals surface area contributed by atoms with Crippen molar-refractivity contribution in [2.45, 2.75) is 25.8 Å². The van der Waals surface area contributed by atoms with Crippen LogP contribution >= 0.6 is 11.6 Å². The van der Waals surface area contributed by atoms with Gasteiger partial charge >= 0.3 is 0 Å². The van der Waals surface area contributed by atoms with E-state index in [4.69, 9.17) is 17.4 Å². The van der Waals surface area contributed by atoms with Crippen molar-refractivity contribution >= 4 is 11.6 Å². The number of nitrogens with one attached hydrogen (secondary N) is 1. The Balaban J connectivity index is 2.31. The number of hydrogen-bond acceptors (Lipinski definition) is 3. The molecule has 0 amide bonds. The van der Waals surface area contributed by atoms with Gasteiger partial charge in [-0.05, 0) is 36.1 Å². The van der Waals surface area contributed by atoms with Crippen molar-refractivity contribution in [3.63, 3.8) is 0 Å². The first-order valence-electron chi connectivity index (χ1n) is 6.50. The maximum atomic E-state index is 13.5. The van der Waals surface area contributed by atoms with Gasteiger partial charge < -0.3 is 0 Å². The van der Waals surface area contributed by atoms with Crippen molar-refractivity contribution in [1.82, 2.24) is 10.4 Å². The first-order valence-corrected chi connectivity index (χ1v) is 6.88. The highest BCUT2D eigenvalue weighted by Gasteiger charge is 2.17. The number of aryl methyl sites for hydroxylation is 1. The molecule has 3 nitrogen and oxygen atoms in total. The minimum Gasteiger partial charge on any atom is -0.271 e. The van der Waals surface area contributed by atoms with Crippen LogP contribution in [0.5, 0.6) is 0 Å². The molecular weight excluding hydrogens is 277 g/mol. The molecule has 0 radical (unpaired) electrons. The van der Waals surface area contributed by atoms with E-state index in [0.717, 1.165) is 17.7 Å². The van der Waals surface area contributed by atoms with E-state index in [1.165, 1.54) is 6.07 Å². The van der Waals surface area contributed by atoms with Crippen molar-refractivity contribution < 1.29 is 4.39 Å². The summed E-state index contributed by atoms with van der Waals surface area (Å²) in [4.78, 5) is 4.39. The quantitative estimate of drug-likeness (QED) is 0.657. The van der Waals surface area contributed by atoms with E-state index in [1.54, 1.807) is 18.3 Å². The highest BCUT2D eigenvalue weighted by atomic mass is 35.5. The Bertz CT molecular complexity index is 589. The van der Waals surface area contributed by atoms with Gasteiger partial charge in [0.1, 0.15) is 5.82 Å². The molecule has 1 unspecified atom stereocenters. The molecule has 1 heterocycles. The predicted octanol–water partition coefficient (Wildman–Crippen LogP) is 3.18. The van der Waals surface area contributed by atoms with Gasteiger partial charge in [0.2, 0.25) is 0 Å². The van der Waals surface area contributed by atoms with Crippen LogP contribution in [0.2, 0.25) is 5.02 Å². The number of halogens is 2. The summed E-state index contributed by atoms with van der Waals surface area (Å²) in [6.45, 7) is 2.06. The molecule has 0 aliphatic carbocycles. The van der Waals surface area contributed by atoms with Gasteiger partial charge in [0.25, 0.3) is 0 Å². The zero-order chi connectivity index (χ0) is 14.5. The van der Waals surface area contributed by atoms with Crippen LogP contribution in [-0.4, -0.2) is 4.98 Å². The van der Waals surface area contributed by atoms with Crippen molar-refractivity contribution in [3.8, 4) is 0 Å². The molecule has 2 aromatic rings. The second kappa shape index (κ2) is 6.79. The molecule has 1 aromatic heterocycles. The number of hydrogen-bond donors (Lipinski definition) is 2. The van der Waals surface area contributed by atoms with Crippen LogP contribution in [0, 0.1) is 5.82 Å². The molecule has 0 fully saturated rings. The Morgan fingerprint density at radius 1 is 1.30 bits per heavy atom. The van der Waals surface area contributed by atoms with Gasteiger partial charge in [-0.1, -0.05) is 36.7 Å². The van der Waals surface area contributed by atoms with Crippen molar-refractivity contribution in [2.75, 3.05) is 0 Å². The van der Waals surface area contributed by atoms with Crippen LogP contribution in [0.1, 0.15) is 29.8 Å². The van der Waals surface area contributed by atoms with E-state index in [9.17, 15) is 4.39 Å². The number of nitrogens with two attached hydrogens (primary N) is 1. The van der Waals surface area contributed by atoms with Gasteiger partial charge in [0.05, 0.1) is 16.8 Å². The Morgan fingerprint density at radius 3 is 2.75 bits per heavy atom. The normalized spacial score (nSPS) is 12.4. The Morgan fingerprint density at radius 2 is 2.05 bits per heavy atom. The van der Waals surface area contributed by atoms with Gasteiger partial charge in [-0.3, -0.25) is 16.3 Å². The lowest BCUT2D eigenvalue weighted by Crippen LogP contribution is -2.31. The van der Waals surface area contributed by atoms with E-state index >= 15 is 0 Å². The maximum Gasteiger partial charge on any atom is 0.142 e. The van der Waals surface area contributed by atoms with Crippen LogP contribution in [0.15, 0.2) is 36.5 Å². The van der Waals surface area contributed by atoms with Gasteiger partial charge in [0.15, 0.2) is 0 Å². The molecule has 1 atom stereocenters. The Labute approximate surface area is 122 Å². The standard InChI is InChI=1S/C15H17ClFN3/c1-2-10-6-4-8-19-15(10)13(20-18)9-11-5-3-7-12(17)14(11)16/h3-8,13,20H,2,9,18H2,1H3. The van der Waals surface area contributed by atoms with E-state index < -0.39 is 5.82 Å². The number of nitrogens with zero attached hydrogens (tertiary/aromatic N) is 1. The van der Waals surface area contributed by atoms with Gasteiger partial charge in [-0.25, -0.2) is 4.39 Å². The monoisotopic (exact) mass is 293 g/mol. The smallest absolute Gasteiger partial charge is 0.142 e. The molecule has 0 aliphatic heterocycles. The van der Waals surface area contributed by atoms with Crippen LogP contribution < -0.4 is 11.3 Å². The van der Waals surface area contributed by atoms with Crippen LogP contribution in [-0.2, 0) is 12.8 Å². The summed E-state index contributed by atoms with van der Waals surface area (Å²) in [7, 11) is 0. The fourth-order valence-corrected chi connectivity index (χ4v) is 2.43. The van der Waals surface area contributed by atoms with E-state index in [2.05, 4.69) is 17.3 Å². The summed E-state index contributed by atoms with van der Waals surface area (Å²) in [5.74, 6) is 5.22. The second-order valence-electron chi connectivity index (χ2n) is 4.54. The Hall–Kier alpha value is -1.49. The molecule has 0 saturated heterocycles. The lowest BCUT2D eigenvalue weighted by atomic mass is 9.99. The summed E-state index contributed by atoms with van der Waals surface area (Å²) < 4.78 is 13.5. The summed E-state index contributed by atoms with van der Waals surface area (Å²) in [6.07, 6.45) is 3.07. The third-order valence-corrected chi connectivity index (χ3v) is 3.72. The zero-order valence-corrected chi connectivity index (χ0v) is 12.0. The molecule has 106 valence electrons. The molecule has 0 bridgehead atoms. The fourth-order valence-electron chi connectivity index (χ4n) is 2.22. The molecule has 20 heavy (non-hydrogen) atoms. The first kappa shape index (κ1) is 14.9.